The third-order valence-electron chi connectivity index (χ3n) is 5.36. The van der Waals surface area contributed by atoms with Crippen LogP contribution in [-0.2, 0) is 25.7 Å². The first-order valence-corrected chi connectivity index (χ1v) is 12.5. The summed E-state index contributed by atoms with van der Waals surface area (Å²) in [6.45, 7) is 1.78. The number of nitrogens with one attached hydrogen (secondary N) is 3. The van der Waals surface area contributed by atoms with Gasteiger partial charge in [0.2, 0.25) is 11.8 Å². The zero-order valence-corrected chi connectivity index (χ0v) is 22.2. The topological polar surface area (TPSA) is 187 Å². The molecule has 18 heteroatoms. The summed E-state index contributed by atoms with van der Waals surface area (Å²) in [5.41, 5.74) is 0.193. The van der Waals surface area contributed by atoms with Crippen LogP contribution in [0.15, 0.2) is 20.5 Å². The van der Waals surface area contributed by atoms with E-state index in [4.69, 9.17) is 19.2 Å². The SMILES string of the molecule is COCc1cc(C(C(=O)NCC2CC2)N(C)CCN(C)C(=O)CSc2n[nH]c(=O)[nH]2)on1.O=C(O)C(F)(F)F. The summed E-state index contributed by atoms with van der Waals surface area (Å²) < 4.78 is 42.3. The molecular weight excluding hydrogens is 551 g/mol. The minimum absolute atomic E-state index is 0.121. The molecule has 2 aromatic rings. The summed E-state index contributed by atoms with van der Waals surface area (Å²) in [7, 11) is 5.06. The van der Waals surface area contributed by atoms with Gasteiger partial charge in [-0.2, -0.15) is 13.2 Å². The Bertz CT molecular complexity index is 1150. The average Bonchev–Trinajstić information content (AvgIpc) is 3.44. The minimum Gasteiger partial charge on any atom is -0.475 e. The monoisotopic (exact) mass is 581 g/mol. The molecule has 0 spiro atoms. The molecule has 1 unspecified atom stereocenters. The standard InChI is InChI=1S/C19H29N7O5S.C2HF3O2/c1-25(15(27)11-32-19-21-18(29)22-23-19)6-7-26(2)16(17(28)20-9-12-4-5-12)14-8-13(10-30-3)24-31-14;3-2(4,5)1(6)7/h8,12,16H,4-7,9-11H2,1-3H3,(H,20,28)(H2,21,22,23,29);(H,6,7). The molecule has 0 aliphatic heterocycles. The number of aromatic amines is 2. The normalized spacial score (nSPS) is 13.9. The van der Waals surface area contributed by atoms with Gasteiger partial charge in [-0.05, 0) is 25.8 Å². The van der Waals surface area contributed by atoms with Gasteiger partial charge in [0.05, 0.1) is 12.4 Å². The second-order valence-corrected chi connectivity index (χ2v) is 9.58. The van der Waals surface area contributed by atoms with E-state index in [1.807, 2.05) is 4.90 Å². The molecule has 3 rings (SSSR count). The number of hydrogen-bond acceptors (Lipinski definition) is 10. The third kappa shape index (κ3) is 11.1. The zero-order chi connectivity index (χ0) is 29.2. The van der Waals surface area contributed by atoms with Gasteiger partial charge in [0.15, 0.2) is 17.0 Å². The van der Waals surface area contributed by atoms with Crippen LogP contribution in [0.4, 0.5) is 13.2 Å². The summed E-state index contributed by atoms with van der Waals surface area (Å²) >= 11 is 1.14. The maximum Gasteiger partial charge on any atom is 0.490 e. The Labute approximate surface area is 224 Å². The number of carbonyl (C=O) groups excluding carboxylic acids is 2. The van der Waals surface area contributed by atoms with Crippen molar-refractivity contribution in [1.82, 2.24) is 35.5 Å². The smallest absolute Gasteiger partial charge is 0.475 e. The fourth-order valence-corrected chi connectivity index (χ4v) is 3.76. The molecule has 1 aliphatic rings. The Morgan fingerprint density at radius 3 is 2.51 bits per heavy atom. The molecule has 14 nitrogen and oxygen atoms in total. The minimum atomic E-state index is -5.08. The van der Waals surface area contributed by atoms with Gasteiger partial charge in [-0.15, -0.1) is 5.10 Å². The number of nitrogens with zero attached hydrogens (tertiary/aromatic N) is 4. The molecule has 0 bridgehead atoms. The number of likely N-dealkylation sites (N-methyl/N-ethyl adjacent to an activating group) is 2. The van der Waals surface area contributed by atoms with Crippen molar-refractivity contribution >= 4 is 29.5 Å². The quantitative estimate of drug-likeness (QED) is 0.243. The number of aliphatic carboxylic acids is 1. The van der Waals surface area contributed by atoms with Crippen LogP contribution >= 0.6 is 11.8 Å². The first-order valence-electron chi connectivity index (χ1n) is 11.6. The Kier molecular flexibility index (Phi) is 12.0. The number of thioether (sulfide) groups is 1. The number of hydrogen-bond donors (Lipinski definition) is 4. The molecule has 218 valence electrons. The van der Waals surface area contributed by atoms with Crippen molar-refractivity contribution in [2.45, 2.75) is 36.8 Å². The van der Waals surface area contributed by atoms with Crippen molar-refractivity contribution in [1.29, 1.82) is 0 Å². The van der Waals surface area contributed by atoms with E-state index in [9.17, 15) is 27.6 Å². The van der Waals surface area contributed by atoms with Crippen molar-refractivity contribution in [3.8, 4) is 0 Å². The highest BCUT2D eigenvalue weighted by Gasteiger charge is 2.38. The number of carboxylic acid groups (broad SMARTS) is 1. The second-order valence-electron chi connectivity index (χ2n) is 8.62. The number of halogens is 3. The number of methoxy groups -OCH3 is 1. The molecule has 1 saturated carbocycles. The van der Waals surface area contributed by atoms with E-state index >= 15 is 0 Å². The molecule has 0 aromatic carbocycles. The number of carbonyl (C=O) groups is 3. The van der Waals surface area contributed by atoms with Gasteiger partial charge in [-0.3, -0.25) is 19.5 Å². The molecule has 2 aromatic heterocycles. The van der Waals surface area contributed by atoms with Crippen LogP contribution in [0.5, 0.6) is 0 Å². The van der Waals surface area contributed by atoms with Crippen molar-refractivity contribution in [2.24, 2.45) is 5.92 Å². The third-order valence-corrected chi connectivity index (χ3v) is 6.22. The van der Waals surface area contributed by atoms with Gasteiger partial charge >= 0.3 is 17.8 Å². The van der Waals surface area contributed by atoms with Gasteiger partial charge in [0.1, 0.15) is 5.69 Å². The summed E-state index contributed by atoms with van der Waals surface area (Å²) in [6.07, 6.45) is -2.81. The highest BCUT2D eigenvalue weighted by molar-refractivity contribution is 7.99. The van der Waals surface area contributed by atoms with Crippen LogP contribution in [0, 0.1) is 5.92 Å². The van der Waals surface area contributed by atoms with Crippen LogP contribution in [0.1, 0.15) is 30.3 Å². The Morgan fingerprint density at radius 2 is 1.97 bits per heavy atom. The van der Waals surface area contributed by atoms with Gasteiger partial charge in [0.25, 0.3) is 0 Å². The van der Waals surface area contributed by atoms with E-state index in [-0.39, 0.29) is 17.6 Å². The summed E-state index contributed by atoms with van der Waals surface area (Å²) in [6, 6.07) is 1.05. The molecule has 2 heterocycles. The first kappa shape index (κ1) is 31.8. The number of amides is 2. The lowest BCUT2D eigenvalue weighted by molar-refractivity contribution is -0.192. The van der Waals surface area contributed by atoms with Crippen LogP contribution in [0.3, 0.4) is 0 Å². The van der Waals surface area contributed by atoms with Crippen molar-refractivity contribution in [3.05, 3.63) is 28.0 Å². The Hall–Kier alpha value is -3.38. The maximum absolute atomic E-state index is 12.9. The lowest BCUT2D eigenvalue weighted by Crippen LogP contribution is -2.43. The number of rotatable bonds is 13. The molecule has 1 atom stereocenters. The summed E-state index contributed by atoms with van der Waals surface area (Å²) in [4.78, 5) is 51.2. The number of H-pyrrole nitrogens is 2. The molecule has 0 saturated heterocycles. The summed E-state index contributed by atoms with van der Waals surface area (Å²) in [5.74, 6) is -1.92. The van der Waals surface area contributed by atoms with Crippen molar-refractivity contribution < 1.29 is 41.9 Å². The van der Waals surface area contributed by atoms with E-state index in [1.54, 1.807) is 32.2 Å². The van der Waals surface area contributed by atoms with Crippen LogP contribution in [0.2, 0.25) is 0 Å². The maximum atomic E-state index is 12.9. The predicted molar refractivity (Wildman–Crippen MR) is 130 cm³/mol. The highest BCUT2D eigenvalue weighted by atomic mass is 32.2. The lowest BCUT2D eigenvalue weighted by Gasteiger charge is -2.27. The zero-order valence-electron chi connectivity index (χ0n) is 21.4. The predicted octanol–water partition coefficient (Wildman–Crippen LogP) is 0.616. The van der Waals surface area contributed by atoms with Gasteiger partial charge in [0, 0.05) is 39.9 Å². The largest absolute Gasteiger partial charge is 0.490 e. The molecule has 2 amide bonds. The van der Waals surface area contributed by atoms with Gasteiger partial charge in [-0.1, -0.05) is 16.9 Å². The molecule has 1 aliphatic carbocycles. The Morgan fingerprint density at radius 1 is 1.31 bits per heavy atom. The fourth-order valence-electron chi connectivity index (χ4n) is 3.01. The number of alkyl halides is 3. The molecular formula is C21H30F3N7O7S. The van der Waals surface area contributed by atoms with Crippen molar-refractivity contribution in [2.75, 3.05) is 46.6 Å². The summed E-state index contributed by atoms with van der Waals surface area (Å²) in [5, 5.41) is 20.5. The fraction of sp³-hybridized carbons (Fsp3) is 0.619. The lowest BCUT2D eigenvalue weighted by atomic mass is 10.1. The molecule has 1 fully saturated rings. The van der Waals surface area contributed by atoms with Gasteiger partial charge in [-0.25, -0.2) is 14.7 Å². The second kappa shape index (κ2) is 14.7. The van der Waals surface area contributed by atoms with Gasteiger partial charge < -0.3 is 24.6 Å². The van der Waals surface area contributed by atoms with E-state index in [0.29, 0.717) is 48.8 Å². The van der Waals surface area contributed by atoms with Crippen LogP contribution < -0.4 is 11.0 Å². The van der Waals surface area contributed by atoms with E-state index in [0.717, 1.165) is 24.6 Å². The Balaban J connectivity index is 0.000000673. The van der Waals surface area contributed by atoms with E-state index in [1.165, 1.54) is 0 Å². The molecule has 0 radical (unpaired) electrons. The van der Waals surface area contributed by atoms with Crippen molar-refractivity contribution in [3.63, 3.8) is 0 Å². The van der Waals surface area contributed by atoms with Crippen LogP contribution in [-0.4, -0.2) is 106 Å². The number of ether oxygens (including phenoxy) is 1. The number of carboxylic acids is 1. The van der Waals surface area contributed by atoms with E-state index < -0.39 is 23.9 Å². The van der Waals surface area contributed by atoms with Crippen LogP contribution in [0.25, 0.3) is 0 Å². The first-order chi connectivity index (χ1) is 18.3. The molecule has 4 N–H and O–H groups in total. The molecule has 39 heavy (non-hydrogen) atoms. The average molecular weight is 582 g/mol. The van der Waals surface area contributed by atoms with E-state index in [2.05, 4.69) is 25.7 Å². The highest BCUT2D eigenvalue weighted by Crippen LogP contribution is 2.28. The number of aromatic nitrogens is 4.